The van der Waals surface area contributed by atoms with E-state index in [2.05, 4.69) is 95.0 Å². The highest BCUT2D eigenvalue weighted by Crippen LogP contribution is 2.37. The van der Waals surface area contributed by atoms with E-state index in [1.807, 2.05) is 73.1 Å². The summed E-state index contributed by atoms with van der Waals surface area (Å²) in [6.07, 6.45) is 11.8. The second-order valence-electron chi connectivity index (χ2n) is 11.8. The number of pyridine rings is 3. The standard InChI is InChI=1S/C43H28N4O/c1-2-38-34(19-17-28-18-20-40-35(23-28)33-15-9-10-16-39(33)48-40)42-36-27-44-22-21-31(36)26-45-43(42)47(38)41-25-32(29-11-5-3-6-12-29)24-37(46-41)30-13-7-4-8-14-30/h2-27H,1H2/b19-17+. The number of aromatic nitrogens is 4. The lowest BCUT2D eigenvalue weighted by molar-refractivity contribution is 0.669. The minimum absolute atomic E-state index is 0.761. The second kappa shape index (κ2) is 11.3. The van der Waals surface area contributed by atoms with Gasteiger partial charge in [-0.05, 0) is 59.2 Å². The molecular formula is C43H28N4O. The van der Waals surface area contributed by atoms with Crippen LogP contribution in [0.3, 0.4) is 0 Å². The van der Waals surface area contributed by atoms with Crippen molar-refractivity contribution in [2.75, 3.05) is 0 Å². The Morgan fingerprint density at radius 2 is 1.42 bits per heavy atom. The largest absolute Gasteiger partial charge is 0.456 e. The Hall–Kier alpha value is -6.59. The molecule has 5 heterocycles. The lowest BCUT2D eigenvalue weighted by Gasteiger charge is -2.13. The third-order valence-corrected chi connectivity index (χ3v) is 8.93. The zero-order chi connectivity index (χ0) is 32.0. The highest BCUT2D eigenvalue weighted by Gasteiger charge is 2.21. The average Bonchev–Trinajstić information content (AvgIpc) is 3.69. The van der Waals surface area contributed by atoms with Gasteiger partial charge in [0.05, 0.1) is 11.4 Å². The van der Waals surface area contributed by atoms with E-state index in [4.69, 9.17) is 14.4 Å². The van der Waals surface area contributed by atoms with Crippen LogP contribution in [0.1, 0.15) is 16.8 Å². The lowest BCUT2D eigenvalue weighted by atomic mass is 10.0. The highest BCUT2D eigenvalue weighted by atomic mass is 16.3. The van der Waals surface area contributed by atoms with Crippen LogP contribution >= 0.6 is 0 Å². The molecule has 0 spiro atoms. The van der Waals surface area contributed by atoms with Crippen LogP contribution in [0.25, 0.3) is 90.2 Å². The molecule has 0 unspecified atom stereocenters. The molecule has 0 aliphatic heterocycles. The maximum Gasteiger partial charge on any atom is 0.147 e. The molecule has 5 heteroatoms. The summed E-state index contributed by atoms with van der Waals surface area (Å²) >= 11 is 0. The number of furan rings is 1. The molecule has 5 nitrogen and oxygen atoms in total. The molecule has 0 saturated heterocycles. The van der Waals surface area contributed by atoms with Gasteiger partial charge >= 0.3 is 0 Å². The molecule has 226 valence electrons. The van der Waals surface area contributed by atoms with Crippen LogP contribution in [0, 0.1) is 0 Å². The van der Waals surface area contributed by atoms with Gasteiger partial charge in [0.2, 0.25) is 0 Å². The Kier molecular flexibility index (Phi) is 6.54. The van der Waals surface area contributed by atoms with Gasteiger partial charge in [0.25, 0.3) is 0 Å². The van der Waals surface area contributed by atoms with Crippen molar-refractivity contribution >= 4 is 62.0 Å². The van der Waals surface area contributed by atoms with Crippen LogP contribution in [0.2, 0.25) is 0 Å². The van der Waals surface area contributed by atoms with Crippen LogP contribution in [0.4, 0.5) is 0 Å². The van der Waals surface area contributed by atoms with Crippen molar-refractivity contribution in [3.63, 3.8) is 0 Å². The predicted molar refractivity (Wildman–Crippen MR) is 198 cm³/mol. The minimum atomic E-state index is 0.761. The van der Waals surface area contributed by atoms with Gasteiger partial charge in [0.1, 0.15) is 22.6 Å². The van der Waals surface area contributed by atoms with Gasteiger partial charge in [-0.2, -0.15) is 0 Å². The van der Waals surface area contributed by atoms with Crippen molar-refractivity contribution in [1.82, 2.24) is 19.5 Å². The predicted octanol–water partition coefficient (Wildman–Crippen LogP) is 11.0. The topological polar surface area (TPSA) is 56.7 Å². The van der Waals surface area contributed by atoms with Crippen LogP contribution in [0.15, 0.2) is 151 Å². The molecule has 0 atom stereocenters. The van der Waals surface area contributed by atoms with E-state index in [0.717, 1.165) is 88.8 Å². The zero-order valence-corrected chi connectivity index (χ0v) is 25.9. The smallest absolute Gasteiger partial charge is 0.147 e. The highest BCUT2D eigenvalue weighted by molar-refractivity contribution is 6.12. The molecule has 0 N–H and O–H groups in total. The summed E-state index contributed by atoms with van der Waals surface area (Å²) in [4.78, 5) is 14.8. The fourth-order valence-electron chi connectivity index (χ4n) is 6.65. The van der Waals surface area contributed by atoms with Crippen LogP contribution in [-0.4, -0.2) is 19.5 Å². The van der Waals surface area contributed by atoms with Gasteiger partial charge < -0.3 is 4.42 Å². The van der Waals surface area contributed by atoms with E-state index in [0.29, 0.717) is 0 Å². The van der Waals surface area contributed by atoms with Gasteiger partial charge in [0.15, 0.2) is 0 Å². The summed E-state index contributed by atoms with van der Waals surface area (Å²) < 4.78 is 8.21. The normalized spacial score (nSPS) is 11.8. The summed E-state index contributed by atoms with van der Waals surface area (Å²) in [5, 5.41) is 5.22. The van der Waals surface area contributed by atoms with E-state index in [1.165, 1.54) is 0 Å². The molecule has 48 heavy (non-hydrogen) atoms. The fourth-order valence-corrected chi connectivity index (χ4v) is 6.65. The second-order valence-corrected chi connectivity index (χ2v) is 11.8. The molecule has 0 saturated carbocycles. The molecule has 9 aromatic rings. The average molecular weight is 617 g/mol. The Bertz CT molecular complexity index is 2630. The summed E-state index contributed by atoms with van der Waals surface area (Å²) in [5.41, 5.74) is 9.60. The van der Waals surface area contributed by atoms with Gasteiger partial charge in [-0.25, -0.2) is 9.97 Å². The van der Waals surface area contributed by atoms with Gasteiger partial charge in [-0.1, -0.05) is 104 Å². The molecule has 9 rings (SSSR count). The minimum Gasteiger partial charge on any atom is -0.456 e. The molecule has 0 aliphatic rings. The maximum absolute atomic E-state index is 6.09. The Balaban J connectivity index is 1.30. The Labute approximate surface area is 276 Å². The lowest BCUT2D eigenvalue weighted by Crippen LogP contribution is -2.03. The maximum atomic E-state index is 6.09. The number of hydrogen-bond donors (Lipinski definition) is 0. The number of nitrogens with zero attached hydrogens (tertiary/aromatic N) is 4. The quantitative estimate of drug-likeness (QED) is 0.186. The third-order valence-electron chi connectivity index (χ3n) is 8.93. The van der Waals surface area contributed by atoms with E-state index in [9.17, 15) is 0 Å². The fraction of sp³-hybridized carbons (Fsp3) is 0. The molecule has 0 amide bonds. The Morgan fingerprint density at radius 1 is 0.646 bits per heavy atom. The first-order valence-corrected chi connectivity index (χ1v) is 15.9. The van der Waals surface area contributed by atoms with Gasteiger partial charge in [-0.15, -0.1) is 0 Å². The third kappa shape index (κ3) is 4.60. The first-order chi connectivity index (χ1) is 23.7. The first-order valence-electron chi connectivity index (χ1n) is 15.9. The molecule has 0 aliphatic carbocycles. The Morgan fingerprint density at radius 3 is 2.25 bits per heavy atom. The molecule has 4 aromatic carbocycles. The molecule has 0 fully saturated rings. The van der Waals surface area contributed by atoms with Gasteiger partial charge in [0, 0.05) is 56.6 Å². The van der Waals surface area contributed by atoms with Crippen molar-refractivity contribution in [2.45, 2.75) is 0 Å². The van der Waals surface area contributed by atoms with Crippen molar-refractivity contribution in [3.05, 3.63) is 163 Å². The van der Waals surface area contributed by atoms with E-state index in [1.54, 1.807) is 6.20 Å². The zero-order valence-electron chi connectivity index (χ0n) is 25.9. The number of fused-ring (bicyclic) bond motifs is 6. The molecule has 0 bridgehead atoms. The summed E-state index contributed by atoms with van der Waals surface area (Å²) in [7, 11) is 0. The van der Waals surface area contributed by atoms with Crippen LogP contribution in [0.5, 0.6) is 0 Å². The summed E-state index contributed by atoms with van der Waals surface area (Å²) in [6.45, 7) is 4.30. The van der Waals surface area contributed by atoms with Crippen molar-refractivity contribution < 1.29 is 4.42 Å². The van der Waals surface area contributed by atoms with Gasteiger partial charge in [-0.3, -0.25) is 9.55 Å². The number of rotatable bonds is 6. The van der Waals surface area contributed by atoms with Crippen molar-refractivity contribution in [2.24, 2.45) is 0 Å². The van der Waals surface area contributed by atoms with E-state index in [-0.39, 0.29) is 0 Å². The SMILES string of the molecule is C=Cc1c(/C=C/c2ccc3oc4ccccc4c3c2)c2c3cnccc3cnc2n1-c1cc(-c2ccccc2)cc(-c2ccccc2)n1. The number of hydrogen-bond acceptors (Lipinski definition) is 4. The van der Waals surface area contributed by atoms with E-state index >= 15 is 0 Å². The van der Waals surface area contributed by atoms with Crippen LogP contribution < -0.4 is 0 Å². The monoisotopic (exact) mass is 616 g/mol. The summed E-state index contributed by atoms with van der Waals surface area (Å²) in [6, 6.07) is 41.4. The van der Waals surface area contributed by atoms with Crippen LogP contribution in [-0.2, 0) is 0 Å². The summed E-state index contributed by atoms with van der Waals surface area (Å²) in [5.74, 6) is 0.761. The number of para-hydroxylation sites is 1. The first kappa shape index (κ1) is 27.7. The van der Waals surface area contributed by atoms with Crippen molar-refractivity contribution in [3.8, 4) is 28.2 Å². The van der Waals surface area contributed by atoms with Crippen molar-refractivity contribution in [1.29, 1.82) is 0 Å². The number of benzene rings is 4. The molecular weight excluding hydrogens is 589 g/mol. The molecule has 5 aromatic heterocycles. The van der Waals surface area contributed by atoms with E-state index < -0.39 is 0 Å². The molecule has 0 radical (unpaired) electrons.